The number of halogens is 1. The number of nitrogens with zero attached hydrogens (tertiary/aromatic N) is 1. The zero-order valence-electron chi connectivity index (χ0n) is 5.71. The Morgan fingerprint density at radius 3 is 2.91 bits per heavy atom. The molecule has 0 aromatic heterocycles. The first-order valence-electron chi connectivity index (χ1n) is 3.19. The quantitative estimate of drug-likeness (QED) is 0.695. The van der Waals surface area contributed by atoms with E-state index in [1.807, 2.05) is 0 Å². The average Bonchev–Trinajstić information content (AvgIpc) is 1.95. The molecule has 0 saturated carbocycles. The lowest BCUT2D eigenvalue weighted by Crippen LogP contribution is -2.38. The molecular formula is C6H7BrN2O2. The van der Waals surface area contributed by atoms with E-state index in [9.17, 15) is 9.59 Å². The van der Waals surface area contributed by atoms with Gasteiger partial charge in [-0.3, -0.25) is 10.1 Å². The Morgan fingerprint density at radius 2 is 2.36 bits per heavy atom. The first kappa shape index (κ1) is 8.39. The molecule has 0 aromatic carbocycles. The molecule has 1 unspecified atom stereocenters. The number of amides is 3. The third-order valence-corrected chi connectivity index (χ3v) is 1.82. The van der Waals surface area contributed by atoms with Crippen LogP contribution >= 0.6 is 15.9 Å². The van der Waals surface area contributed by atoms with Crippen LogP contribution < -0.4 is 5.32 Å². The Balaban J connectivity index is 2.61. The summed E-state index contributed by atoms with van der Waals surface area (Å²) >= 11 is 3.20. The molecule has 0 radical (unpaired) electrons. The van der Waals surface area contributed by atoms with E-state index in [2.05, 4.69) is 26.2 Å². The second kappa shape index (κ2) is 3.61. The molecule has 1 aliphatic heterocycles. The molecule has 0 aromatic rings. The summed E-state index contributed by atoms with van der Waals surface area (Å²) in [6.07, 6.45) is 2.06. The minimum absolute atomic E-state index is 0.257. The van der Waals surface area contributed by atoms with E-state index in [4.69, 9.17) is 0 Å². The minimum Gasteiger partial charge on any atom is -0.276 e. The van der Waals surface area contributed by atoms with E-state index in [0.717, 1.165) is 5.33 Å². The summed E-state index contributed by atoms with van der Waals surface area (Å²) in [6.45, 7) is 0. The van der Waals surface area contributed by atoms with Crippen molar-refractivity contribution in [2.75, 3.05) is 5.33 Å². The largest absolute Gasteiger partial charge is 0.347 e. The lowest BCUT2D eigenvalue weighted by molar-refractivity contribution is -0.122. The Morgan fingerprint density at radius 1 is 1.64 bits per heavy atom. The second-order valence-corrected chi connectivity index (χ2v) is 2.95. The van der Waals surface area contributed by atoms with E-state index in [1.165, 1.54) is 6.21 Å². The molecule has 1 heterocycles. The highest BCUT2D eigenvalue weighted by atomic mass is 79.9. The summed E-state index contributed by atoms with van der Waals surface area (Å²) in [5.74, 6) is -0.517. The number of aliphatic imine (C=N–C) groups is 1. The lowest BCUT2D eigenvalue weighted by Gasteiger charge is -2.12. The Bertz CT molecular complexity index is 215. The van der Waals surface area contributed by atoms with Crippen molar-refractivity contribution in [3.8, 4) is 0 Å². The topological polar surface area (TPSA) is 58.5 Å². The zero-order chi connectivity index (χ0) is 8.27. The number of nitrogens with one attached hydrogen (secondary N) is 1. The zero-order valence-corrected chi connectivity index (χ0v) is 7.30. The summed E-state index contributed by atoms with van der Waals surface area (Å²) in [7, 11) is 0. The molecule has 3 amide bonds. The van der Waals surface area contributed by atoms with Gasteiger partial charge in [-0.25, -0.2) is 9.79 Å². The smallest absolute Gasteiger partial charge is 0.276 e. The van der Waals surface area contributed by atoms with Gasteiger partial charge in [-0.2, -0.15) is 0 Å². The first-order chi connectivity index (χ1) is 5.24. The molecule has 11 heavy (non-hydrogen) atoms. The third kappa shape index (κ3) is 2.11. The van der Waals surface area contributed by atoms with Crippen LogP contribution in [0.5, 0.6) is 0 Å². The molecule has 1 atom stereocenters. The monoisotopic (exact) mass is 218 g/mol. The first-order valence-corrected chi connectivity index (χ1v) is 4.31. The van der Waals surface area contributed by atoms with Gasteiger partial charge in [0.25, 0.3) is 0 Å². The van der Waals surface area contributed by atoms with Gasteiger partial charge in [-0.1, -0.05) is 15.9 Å². The maximum Gasteiger partial charge on any atom is 0.347 e. The normalized spacial score (nSPS) is 23.5. The maximum absolute atomic E-state index is 11.0. The van der Waals surface area contributed by atoms with E-state index >= 15 is 0 Å². The van der Waals surface area contributed by atoms with Gasteiger partial charge in [0.05, 0.1) is 5.92 Å². The van der Waals surface area contributed by atoms with Gasteiger partial charge in [0, 0.05) is 11.5 Å². The molecular weight excluding hydrogens is 212 g/mol. The molecule has 0 bridgehead atoms. The van der Waals surface area contributed by atoms with Gasteiger partial charge >= 0.3 is 6.03 Å². The number of hydrogen-bond donors (Lipinski definition) is 1. The van der Waals surface area contributed by atoms with Crippen LogP contribution in [0.3, 0.4) is 0 Å². The van der Waals surface area contributed by atoms with Crippen LogP contribution in [0.15, 0.2) is 4.99 Å². The van der Waals surface area contributed by atoms with E-state index in [0.29, 0.717) is 6.42 Å². The van der Waals surface area contributed by atoms with Crippen molar-refractivity contribution in [1.82, 2.24) is 5.32 Å². The van der Waals surface area contributed by atoms with Gasteiger partial charge in [-0.05, 0) is 6.42 Å². The Hall–Kier alpha value is -0.710. The van der Waals surface area contributed by atoms with Crippen molar-refractivity contribution in [3.63, 3.8) is 0 Å². The van der Waals surface area contributed by atoms with Gasteiger partial charge in [-0.15, -0.1) is 0 Å². The summed E-state index contributed by atoms with van der Waals surface area (Å²) in [5.41, 5.74) is 0. The van der Waals surface area contributed by atoms with Crippen LogP contribution in [0.4, 0.5) is 4.79 Å². The van der Waals surface area contributed by atoms with Crippen LogP contribution in [-0.2, 0) is 4.79 Å². The lowest BCUT2D eigenvalue weighted by atomic mass is 10.1. The Labute approximate surface area is 72.2 Å². The summed E-state index contributed by atoms with van der Waals surface area (Å²) < 4.78 is 0. The van der Waals surface area contributed by atoms with Gasteiger partial charge < -0.3 is 0 Å². The highest BCUT2D eigenvalue weighted by molar-refractivity contribution is 9.09. The summed E-state index contributed by atoms with van der Waals surface area (Å²) in [6, 6.07) is -0.569. The van der Waals surface area contributed by atoms with E-state index in [-0.39, 0.29) is 11.8 Å². The summed E-state index contributed by atoms with van der Waals surface area (Å²) in [5, 5.41) is 2.85. The number of alkyl halides is 1. The molecule has 0 aliphatic carbocycles. The van der Waals surface area contributed by atoms with E-state index in [1.54, 1.807) is 0 Å². The Kier molecular flexibility index (Phi) is 2.76. The number of imide groups is 1. The van der Waals surface area contributed by atoms with Gasteiger partial charge in [0.15, 0.2) is 0 Å². The van der Waals surface area contributed by atoms with E-state index < -0.39 is 6.03 Å². The highest BCUT2D eigenvalue weighted by Crippen LogP contribution is 2.06. The maximum atomic E-state index is 11.0. The fourth-order valence-corrected chi connectivity index (χ4v) is 1.27. The fourth-order valence-electron chi connectivity index (χ4n) is 0.779. The average molecular weight is 219 g/mol. The predicted molar refractivity (Wildman–Crippen MR) is 43.9 cm³/mol. The number of carbonyl (C=O) groups excluding carboxylic acids is 2. The predicted octanol–water partition coefficient (Wildman–Crippen LogP) is 0.708. The number of hydrogen-bond acceptors (Lipinski definition) is 2. The van der Waals surface area contributed by atoms with Crippen molar-refractivity contribution >= 4 is 34.1 Å². The van der Waals surface area contributed by atoms with Crippen molar-refractivity contribution in [2.45, 2.75) is 6.42 Å². The van der Waals surface area contributed by atoms with Crippen LogP contribution in [-0.4, -0.2) is 23.5 Å². The second-order valence-electron chi connectivity index (χ2n) is 2.16. The molecule has 1 aliphatic rings. The number of carbonyl (C=O) groups is 2. The SMILES string of the molecule is O=C1N=CC(CCBr)C(=O)N1. The number of rotatable bonds is 2. The summed E-state index contributed by atoms with van der Waals surface area (Å²) in [4.78, 5) is 24.9. The molecule has 1 rings (SSSR count). The molecule has 0 spiro atoms. The van der Waals surface area contributed by atoms with Gasteiger partial charge in [0.1, 0.15) is 0 Å². The fraction of sp³-hybridized carbons (Fsp3) is 0.500. The van der Waals surface area contributed by atoms with Crippen LogP contribution in [0.25, 0.3) is 0 Å². The van der Waals surface area contributed by atoms with Crippen molar-refractivity contribution in [1.29, 1.82) is 0 Å². The van der Waals surface area contributed by atoms with Crippen molar-refractivity contribution < 1.29 is 9.59 Å². The van der Waals surface area contributed by atoms with Crippen LogP contribution in [0.2, 0.25) is 0 Å². The molecule has 4 nitrogen and oxygen atoms in total. The van der Waals surface area contributed by atoms with Crippen molar-refractivity contribution in [2.24, 2.45) is 10.9 Å². The minimum atomic E-state index is -0.569. The highest BCUT2D eigenvalue weighted by Gasteiger charge is 2.21. The molecule has 60 valence electrons. The van der Waals surface area contributed by atoms with Crippen LogP contribution in [0.1, 0.15) is 6.42 Å². The van der Waals surface area contributed by atoms with Crippen molar-refractivity contribution in [3.05, 3.63) is 0 Å². The molecule has 1 N–H and O–H groups in total. The standard InChI is InChI=1S/C6H7BrN2O2/c7-2-1-4-3-8-6(11)9-5(4)10/h3-4H,1-2H2,(H,9,10,11). The van der Waals surface area contributed by atoms with Gasteiger partial charge in [0.2, 0.25) is 5.91 Å². The van der Waals surface area contributed by atoms with Crippen LogP contribution in [0, 0.1) is 5.92 Å². The molecule has 0 saturated heterocycles. The number of urea groups is 1. The molecule has 0 fully saturated rings. The molecule has 5 heteroatoms. The third-order valence-electron chi connectivity index (χ3n) is 1.36.